The molecule has 7 nitrogen and oxygen atoms in total. The van der Waals surface area contributed by atoms with Gasteiger partial charge in [-0.15, -0.1) is 0 Å². The minimum atomic E-state index is -3.60. The average molecular weight is 341 g/mol. The third kappa shape index (κ3) is 4.29. The molecule has 8 heteroatoms. The fraction of sp³-hybridized carbons (Fsp3) is 0.533. The lowest BCUT2D eigenvalue weighted by Crippen LogP contribution is -2.34. The van der Waals surface area contributed by atoms with Crippen LogP contribution in [0.4, 0.5) is 0 Å². The van der Waals surface area contributed by atoms with Crippen LogP contribution in [-0.4, -0.2) is 51.7 Å². The van der Waals surface area contributed by atoms with E-state index >= 15 is 0 Å². The van der Waals surface area contributed by atoms with Crippen molar-refractivity contribution in [1.29, 1.82) is 0 Å². The van der Waals surface area contributed by atoms with E-state index in [4.69, 9.17) is 0 Å². The Hall–Kier alpha value is -1.48. The molecule has 2 atom stereocenters. The molecule has 1 heterocycles. The van der Waals surface area contributed by atoms with Crippen LogP contribution >= 0.6 is 0 Å². The van der Waals surface area contributed by atoms with Crippen molar-refractivity contribution >= 4 is 15.9 Å². The summed E-state index contributed by atoms with van der Waals surface area (Å²) in [5, 5.41) is 15.6. The van der Waals surface area contributed by atoms with Crippen molar-refractivity contribution in [2.45, 2.75) is 24.8 Å². The van der Waals surface area contributed by atoms with Gasteiger partial charge in [-0.05, 0) is 24.6 Å². The summed E-state index contributed by atoms with van der Waals surface area (Å²) in [5.41, 5.74) is 1.02. The van der Waals surface area contributed by atoms with Gasteiger partial charge in [-0.1, -0.05) is 13.0 Å². The fourth-order valence-electron chi connectivity index (χ4n) is 2.53. The first kappa shape index (κ1) is 17.9. The van der Waals surface area contributed by atoms with E-state index in [0.29, 0.717) is 30.8 Å². The minimum absolute atomic E-state index is 0.0343. The molecule has 0 spiro atoms. The number of aryl methyl sites for hydroxylation is 1. The van der Waals surface area contributed by atoms with Gasteiger partial charge in [-0.25, -0.2) is 13.1 Å². The molecule has 1 aromatic rings. The lowest BCUT2D eigenvalue weighted by Gasteiger charge is -2.15. The molecule has 4 N–H and O–H groups in total. The zero-order valence-electron chi connectivity index (χ0n) is 13.3. The van der Waals surface area contributed by atoms with E-state index in [1.165, 1.54) is 12.1 Å². The van der Waals surface area contributed by atoms with Crippen molar-refractivity contribution in [2.75, 3.05) is 26.2 Å². The quantitative estimate of drug-likeness (QED) is 0.563. The molecule has 2 unspecified atom stereocenters. The van der Waals surface area contributed by atoms with E-state index in [2.05, 4.69) is 15.4 Å². The molecular weight excluding hydrogens is 318 g/mol. The van der Waals surface area contributed by atoms with Crippen LogP contribution in [0.15, 0.2) is 23.1 Å². The van der Waals surface area contributed by atoms with E-state index in [0.717, 1.165) is 0 Å². The third-order valence-corrected chi connectivity index (χ3v) is 5.47. The number of benzene rings is 1. The number of rotatable bonds is 6. The van der Waals surface area contributed by atoms with Gasteiger partial charge in [0, 0.05) is 37.7 Å². The van der Waals surface area contributed by atoms with Crippen LogP contribution in [0.1, 0.15) is 22.8 Å². The largest absolute Gasteiger partial charge is 0.391 e. The summed E-state index contributed by atoms with van der Waals surface area (Å²) in [6, 6.07) is 4.48. The van der Waals surface area contributed by atoms with Crippen molar-refractivity contribution in [2.24, 2.45) is 5.92 Å². The Morgan fingerprint density at radius 3 is 2.74 bits per heavy atom. The summed E-state index contributed by atoms with van der Waals surface area (Å²) in [6.07, 6.45) is -0.475. The van der Waals surface area contributed by atoms with Gasteiger partial charge in [-0.2, -0.15) is 0 Å². The molecule has 0 aliphatic carbocycles. The SMILES string of the molecule is CCNS(=O)(=O)c1ccc(C)c(C(=O)NCC2CNCC2O)c1. The number of hydrogen-bond acceptors (Lipinski definition) is 5. The Morgan fingerprint density at radius 2 is 2.13 bits per heavy atom. The average Bonchev–Trinajstić information content (AvgIpc) is 2.90. The minimum Gasteiger partial charge on any atom is -0.391 e. The van der Waals surface area contributed by atoms with E-state index in [1.807, 2.05) is 0 Å². The Bertz CT molecular complexity index is 675. The molecule has 0 radical (unpaired) electrons. The first-order valence-electron chi connectivity index (χ1n) is 7.62. The number of carbonyl (C=O) groups excluding carboxylic acids is 1. The third-order valence-electron chi connectivity index (χ3n) is 3.93. The predicted octanol–water partition coefficient (Wildman–Crippen LogP) is -0.397. The van der Waals surface area contributed by atoms with Crippen LogP contribution < -0.4 is 15.4 Å². The van der Waals surface area contributed by atoms with Crippen molar-refractivity contribution in [3.63, 3.8) is 0 Å². The van der Waals surface area contributed by atoms with Crippen molar-refractivity contribution in [1.82, 2.24) is 15.4 Å². The van der Waals surface area contributed by atoms with Crippen LogP contribution in [0.25, 0.3) is 0 Å². The molecule has 1 aromatic carbocycles. The van der Waals surface area contributed by atoms with Gasteiger partial charge >= 0.3 is 0 Å². The molecule has 0 saturated carbocycles. The first-order valence-corrected chi connectivity index (χ1v) is 9.10. The Morgan fingerprint density at radius 1 is 1.39 bits per heavy atom. The van der Waals surface area contributed by atoms with Crippen LogP contribution in [-0.2, 0) is 10.0 Å². The Balaban J connectivity index is 2.13. The van der Waals surface area contributed by atoms with Crippen LogP contribution in [0, 0.1) is 12.8 Å². The second kappa shape index (κ2) is 7.39. The smallest absolute Gasteiger partial charge is 0.251 e. The van der Waals surface area contributed by atoms with E-state index in [-0.39, 0.29) is 23.3 Å². The maximum absolute atomic E-state index is 12.3. The molecular formula is C15H23N3O4S. The number of β-amino-alcohol motifs (C(OH)–C–C–N with tert-alkyl or cyclic N) is 1. The molecule has 1 aliphatic heterocycles. The lowest BCUT2D eigenvalue weighted by atomic mass is 10.1. The first-order chi connectivity index (χ1) is 10.8. The molecule has 128 valence electrons. The molecule has 1 aliphatic rings. The van der Waals surface area contributed by atoms with Gasteiger partial charge in [0.2, 0.25) is 10.0 Å². The van der Waals surface area contributed by atoms with E-state index in [1.54, 1.807) is 19.9 Å². The highest BCUT2D eigenvalue weighted by molar-refractivity contribution is 7.89. The predicted molar refractivity (Wildman–Crippen MR) is 86.7 cm³/mol. The number of nitrogens with one attached hydrogen (secondary N) is 3. The molecule has 1 amide bonds. The zero-order valence-corrected chi connectivity index (χ0v) is 14.1. The summed E-state index contributed by atoms with van der Waals surface area (Å²) in [6.45, 7) is 5.25. The molecule has 0 bridgehead atoms. The van der Waals surface area contributed by atoms with Gasteiger partial charge in [0.1, 0.15) is 0 Å². The number of sulfonamides is 1. The van der Waals surface area contributed by atoms with Crippen LogP contribution in [0.2, 0.25) is 0 Å². The van der Waals surface area contributed by atoms with Gasteiger partial charge in [0.25, 0.3) is 5.91 Å². The normalized spacial score (nSPS) is 21.3. The van der Waals surface area contributed by atoms with Gasteiger partial charge < -0.3 is 15.7 Å². The van der Waals surface area contributed by atoms with E-state index < -0.39 is 16.1 Å². The molecule has 2 rings (SSSR count). The summed E-state index contributed by atoms with van der Waals surface area (Å²) < 4.78 is 26.5. The van der Waals surface area contributed by atoms with Gasteiger partial charge in [-0.3, -0.25) is 4.79 Å². The summed E-state index contributed by atoms with van der Waals surface area (Å²) in [4.78, 5) is 12.4. The summed E-state index contributed by atoms with van der Waals surface area (Å²) in [5.74, 6) is -0.372. The maximum atomic E-state index is 12.3. The number of aliphatic hydroxyl groups excluding tert-OH is 1. The fourth-order valence-corrected chi connectivity index (χ4v) is 3.60. The number of carbonyl (C=O) groups is 1. The lowest BCUT2D eigenvalue weighted by molar-refractivity contribution is 0.0926. The summed E-state index contributed by atoms with van der Waals surface area (Å²) in [7, 11) is -3.60. The highest BCUT2D eigenvalue weighted by Gasteiger charge is 2.25. The van der Waals surface area contributed by atoms with Crippen LogP contribution in [0.3, 0.4) is 0 Å². The van der Waals surface area contributed by atoms with Crippen molar-refractivity contribution < 1.29 is 18.3 Å². The maximum Gasteiger partial charge on any atom is 0.251 e. The van der Waals surface area contributed by atoms with Crippen molar-refractivity contribution in [3.05, 3.63) is 29.3 Å². The van der Waals surface area contributed by atoms with Crippen molar-refractivity contribution in [3.8, 4) is 0 Å². The zero-order chi connectivity index (χ0) is 17.0. The number of amides is 1. The topological polar surface area (TPSA) is 108 Å². The van der Waals surface area contributed by atoms with Gasteiger partial charge in [0.05, 0.1) is 11.0 Å². The highest BCUT2D eigenvalue weighted by Crippen LogP contribution is 2.16. The molecule has 23 heavy (non-hydrogen) atoms. The second-order valence-electron chi connectivity index (χ2n) is 5.67. The monoisotopic (exact) mass is 341 g/mol. The summed E-state index contributed by atoms with van der Waals surface area (Å²) >= 11 is 0. The van der Waals surface area contributed by atoms with Gasteiger partial charge in [0.15, 0.2) is 0 Å². The highest BCUT2D eigenvalue weighted by atomic mass is 32.2. The Kier molecular flexibility index (Phi) is 5.74. The molecule has 1 fully saturated rings. The number of hydrogen-bond donors (Lipinski definition) is 4. The molecule has 0 aromatic heterocycles. The van der Waals surface area contributed by atoms with E-state index in [9.17, 15) is 18.3 Å². The molecule has 1 saturated heterocycles. The van der Waals surface area contributed by atoms with Crippen LogP contribution in [0.5, 0.6) is 0 Å². The number of aliphatic hydroxyl groups is 1. The second-order valence-corrected chi connectivity index (χ2v) is 7.44. The Labute approximate surface area is 136 Å². The standard InChI is InChI=1S/C15H23N3O4S/c1-3-18-23(21,22)12-5-4-10(2)13(6-12)15(20)17-8-11-7-16-9-14(11)19/h4-6,11,14,16,18-19H,3,7-9H2,1-2H3,(H,17,20).